The monoisotopic (exact) mass is 361 g/mol. The molecular weight excluding hydrogens is 338 g/mol. The van der Waals surface area contributed by atoms with Crippen molar-refractivity contribution < 1.29 is 9.21 Å². The van der Waals surface area contributed by atoms with E-state index in [1.54, 1.807) is 0 Å². The highest BCUT2D eigenvalue weighted by molar-refractivity contribution is 5.97. The number of hydrogen-bond acceptors (Lipinski definition) is 4. The van der Waals surface area contributed by atoms with Crippen LogP contribution in [0.3, 0.4) is 0 Å². The summed E-state index contributed by atoms with van der Waals surface area (Å²) in [5, 5.41) is 6.59. The number of benzene rings is 1. The third-order valence-corrected chi connectivity index (χ3v) is 6.08. The lowest BCUT2D eigenvalue weighted by atomic mass is 9.67. The third kappa shape index (κ3) is 2.83. The van der Waals surface area contributed by atoms with Crippen LogP contribution in [-0.2, 0) is 4.79 Å². The molecule has 1 saturated heterocycles. The number of aromatic nitrogens is 1. The van der Waals surface area contributed by atoms with Crippen molar-refractivity contribution in [3.05, 3.63) is 24.1 Å². The molecule has 2 saturated carbocycles. The van der Waals surface area contributed by atoms with Crippen molar-refractivity contribution in [3.63, 3.8) is 0 Å². The summed E-state index contributed by atoms with van der Waals surface area (Å²) in [4.78, 5) is 17.6. The summed E-state index contributed by atoms with van der Waals surface area (Å²) in [7, 11) is 0. The van der Waals surface area contributed by atoms with Gasteiger partial charge in [0.1, 0.15) is 5.52 Å². The summed E-state index contributed by atoms with van der Waals surface area (Å²) in [6.45, 7) is 1.78. The number of nitrogens with one attached hydrogen (secondary N) is 2. The molecule has 25 heavy (non-hydrogen) atoms. The molecule has 2 heterocycles. The average molecular weight is 362 g/mol. The molecule has 0 bridgehead atoms. The fraction of sp³-hybridized carbons (Fsp3) is 0.579. The Hall–Kier alpha value is -1.59. The minimum atomic E-state index is -0.228. The quantitative estimate of drug-likeness (QED) is 0.871. The van der Waals surface area contributed by atoms with Crippen LogP contribution >= 0.6 is 12.4 Å². The van der Waals surface area contributed by atoms with Crippen molar-refractivity contribution in [2.75, 3.05) is 18.4 Å². The molecule has 3 fully saturated rings. The number of oxazole rings is 1. The van der Waals surface area contributed by atoms with Gasteiger partial charge in [-0.15, -0.1) is 12.4 Å². The lowest BCUT2D eigenvalue weighted by molar-refractivity contribution is -0.128. The second kappa shape index (κ2) is 6.29. The number of nitrogens with zero attached hydrogens (tertiary/aromatic N) is 1. The van der Waals surface area contributed by atoms with Crippen LogP contribution in [0.5, 0.6) is 0 Å². The summed E-state index contributed by atoms with van der Waals surface area (Å²) in [5.41, 5.74) is 2.24. The van der Waals surface area contributed by atoms with E-state index < -0.39 is 0 Å². The minimum Gasteiger partial charge on any atom is -0.440 e. The number of rotatable bonds is 3. The molecule has 1 aromatic heterocycles. The molecule has 5 rings (SSSR count). The first-order valence-electron chi connectivity index (χ1n) is 9.17. The molecule has 1 aliphatic heterocycles. The lowest BCUT2D eigenvalue weighted by Crippen LogP contribution is -2.44. The first kappa shape index (κ1) is 16.9. The van der Waals surface area contributed by atoms with E-state index in [4.69, 9.17) is 4.42 Å². The molecule has 1 amide bonds. The van der Waals surface area contributed by atoms with Gasteiger partial charge in [0.15, 0.2) is 11.5 Å². The summed E-state index contributed by atoms with van der Waals surface area (Å²) < 4.78 is 5.87. The number of hydrogen-bond donors (Lipinski definition) is 2. The van der Waals surface area contributed by atoms with E-state index >= 15 is 0 Å². The van der Waals surface area contributed by atoms with Crippen molar-refractivity contribution in [2.45, 2.75) is 44.4 Å². The van der Waals surface area contributed by atoms with Crippen LogP contribution in [0, 0.1) is 11.3 Å². The van der Waals surface area contributed by atoms with Crippen LogP contribution in [0.15, 0.2) is 22.6 Å². The molecule has 134 valence electrons. The smallest absolute Gasteiger partial charge is 0.232 e. The molecule has 3 aliphatic rings. The Morgan fingerprint density at radius 2 is 2.16 bits per heavy atom. The van der Waals surface area contributed by atoms with E-state index in [0.29, 0.717) is 11.8 Å². The molecule has 2 aliphatic carbocycles. The van der Waals surface area contributed by atoms with Crippen molar-refractivity contribution in [1.82, 2.24) is 10.3 Å². The Morgan fingerprint density at radius 1 is 1.28 bits per heavy atom. The van der Waals surface area contributed by atoms with Crippen LogP contribution in [0.4, 0.5) is 5.69 Å². The average Bonchev–Trinajstić information content (AvgIpc) is 3.20. The highest BCUT2D eigenvalue weighted by Gasteiger charge is 2.49. The Bertz CT molecular complexity index is 801. The second-order valence-corrected chi connectivity index (χ2v) is 7.69. The van der Waals surface area contributed by atoms with Gasteiger partial charge in [0.05, 0.1) is 5.41 Å². The number of fused-ring (bicyclic) bond motifs is 2. The van der Waals surface area contributed by atoms with Gasteiger partial charge in [-0.3, -0.25) is 4.79 Å². The highest BCUT2D eigenvalue weighted by atomic mass is 35.5. The Labute approximate surface area is 153 Å². The maximum atomic E-state index is 13.0. The van der Waals surface area contributed by atoms with Crippen LogP contribution < -0.4 is 10.6 Å². The number of halogens is 1. The van der Waals surface area contributed by atoms with Gasteiger partial charge in [-0.1, -0.05) is 12.8 Å². The topological polar surface area (TPSA) is 67.2 Å². The Balaban J connectivity index is 0.00000157. The Morgan fingerprint density at radius 3 is 3.00 bits per heavy atom. The standard InChI is InChI=1S/C19H23N3O2.ClH/c23-18(19-8-2-1-3-13(19)10-20-11-19)21-14-6-7-15-16(9-14)24-17(22-15)12-4-5-12;/h6-7,9,12-13,20H,1-5,8,10-11H2,(H,21,23);1H/t13-,19+;/m0./s1. The highest BCUT2D eigenvalue weighted by Crippen LogP contribution is 2.45. The molecule has 5 nitrogen and oxygen atoms in total. The SMILES string of the molecule is Cl.O=C(Nc1ccc2nc(C3CC3)oc2c1)[C@@]12CCCC[C@H]1CNC2. The predicted molar refractivity (Wildman–Crippen MR) is 99.1 cm³/mol. The first-order valence-corrected chi connectivity index (χ1v) is 9.17. The number of amides is 1. The van der Waals surface area contributed by atoms with Gasteiger partial charge in [-0.2, -0.15) is 0 Å². The zero-order valence-electron chi connectivity index (χ0n) is 14.2. The summed E-state index contributed by atoms with van der Waals surface area (Å²) in [6, 6.07) is 5.81. The van der Waals surface area contributed by atoms with Crippen molar-refractivity contribution in [3.8, 4) is 0 Å². The zero-order chi connectivity index (χ0) is 16.1. The van der Waals surface area contributed by atoms with Crippen LogP contribution in [0.1, 0.15) is 50.3 Å². The number of anilines is 1. The third-order valence-electron chi connectivity index (χ3n) is 6.08. The largest absolute Gasteiger partial charge is 0.440 e. The maximum Gasteiger partial charge on any atom is 0.232 e. The van der Waals surface area contributed by atoms with Crippen molar-refractivity contribution >= 4 is 35.1 Å². The van der Waals surface area contributed by atoms with Crippen molar-refractivity contribution in [1.29, 1.82) is 0 Å². The minimum absolute atomic E-state index is 0. The number of carbonyl (C=O) groups excluding carboxylic acids is 1. The van der Waals surface area contributed by atoms with Gasteiger partial charge in [0.2, 0.25) is 5.91 Å². The second-order valence-electron chi connectivity index (χ2n) is 7.69. The zero-order valence-corrected chi connectivity index (χ0v) is 15.0. The van der Waals surface area contributed by atoms with E-state index in [1.165, 1.54) is 19.3 Å². The van der Waals surface area contributed by atoms with Crippen LogP contribution in [-0.4, -0.2) is 24.0 Å². The maximum absolute atomic E-state index is 13.0. The van der Waals surface area contributed by atoms with E-state index in [2.05, 4.69) is 15.6 Å². The van der Waals surface area contributed by atoms with Gasteiger partial charge in [-0.05, 0) is 50.3 Å². The van der Waals surface area contributed by atoms with Crippen LogP contribution in [0.2, 0.25) is 0 Å². The summed E-state index contributed by atoms with van der Waals surface area (Å²) in [5.74, 6) is 1.99. The van der Waals surface area contributed by atoms with Gasteiger partial charge in [-0.25, -0.2) is 4.98 Å². The van der Waals surface area contributed by atoms with Gasteiger partial charge in [0.25, 0.3) is 0 Å². The van der Waals surface area contributed by atoms with E-state index in [-0.39, 0.29) is 23.7 Å². The summed E-state index contributed by atoms with van der Waals surface area (Å²) in [6.07, 6.45) is 6.90. The predicted octanol–water partition coefficient (Wildman–Crippen LogP) is 3.85. The van der Waals surface area contributed by atoms with Gasteiger partial charge >= 0.3 is 0 Å². The molecule has 2 N–H and O–H groups in total. The van der Waals surface area contributed by atoms with Crippen LogP contribution in [0.25, 0.3) is 11.1 Å². The molecule has 6 heteroatoms. The number of carbonyl (C=O) groups is 1. The van der Waals surface area contributed by atoms with E-state index in [0.717, 1.165) is 55.0 Å². The molecule has 2 aromatic rings. The van der Waals surface area contributed by atoms with Gasteiger partial charge < -0.3 is 15.1 Å². The molecular formula is C19H24ClN3O2. The molecule has 1 aromatic carbocycles. The fourth-order valence-corrected chi connectivity index (χ4v) is 4.47. The molecule has 0 radical (unpaired) electrons. The Kier molecular flexibility index (Phi) is 4.24. The van der Waals surface area contributed by atoms with E-state index in [9.17, 15) is 4.79 Å². The molecule has 2 atom stereocenters. The lowest BCUT2D eigenvalue weighted by Gasteiger charge is -2.37. The van der Waals surface area contributed by atoms with Gasteiger partial charge in [0, 0.05) is 24.2 Å². The molecule has 0 unspecified atom stereocenters. The normalized spacial score (nSPS) is 28.4. The van der Waals surface area contributed by atoms with E-state index in [1.807, 2.05) is 18.2 Å². The fourth-order valence-electron chi connectivity index (χ4n) is 4.47. The van der Waals surface area contributed by atoms with Crippen molar-refractivity contribution in [2.24, 2.45) is 11.3 Å². The summed E-state index contributed by atoms with van der Waals surface area (Å²) >= 11 is 0. The first-order chi connectivity index (χ1) is 11.7. The molecule has 0 spiro atoms.